The molecule has 0 spiro atoms. The number of aromatic nitrogens is 2. The van der Waals surface area contributed by atoms with Crippen LogP contribution in [0.15, 0.2) is 41.1 Å². The number of halogens is 1. The van der Waals surface area contributed by atoms with Crippen LogP contribution < -0.4 is 0 Å². The van der Waals surface area contributed by atoms with E-state index in [-0.39, 0.29) is 17.9 Å². The highest BCUT2D eigenvalue weighted by atomic mass is 79.9. The van der Waals surface area contributed by atoms with Crippen molar-refractivity contribution in [3.63, 3.8) is 0 Å². The Kier molecular flexibility index (Phi) is 1.14. The lowest BCUT2D eigenvalue weighted by Gasteiger charge is -2.00. The van der Waals surface area contributed by atoms with Gasteiger partial charge in [0.05, 0.1) is 14.6 Å². The summed E-state index contributed by atoms with van der Waals surface area (Å²) in [6.07, 6.45) is -0.668. The van der Waals surface area contributed by atoms with Crippen molar-refractivity contribution in [3.8, 4) is 5.69 Å². The average Bonchev–Trinajstić information content (AvgIpc) is 2.53. The molecule has 0 saturated heterocycles. The van der Waals surface area contributed by atoms with Gasteiger partial charge in [-0.1, -0.05) is 22.0 Å². The number of hydrogen-bond donors (Lipinski definition) is 0. The van der Waals surface area contributed by atoms with Crippen molar-refractivity contribution in [2.75, 3.05) is 0 Å². The topological polar surface area (TPSA) is 17.8 Å². The van der Waals surface area contributed by atoms with Crippen LogP contribution in [0, 0.1) is 6.85 Å². The number of rotatable bonds is 1. The van der Waals surface area contributed by atoms with E-state index in [9.17, 15) is 0 Å². The summed E-state index contributed by atoms with van der Waals surface area (Å²) in [6.45, 7) is -2.50. The summed E-state index contributed by atoms with van der Waals surface area (Å²) in [5.41, 5.74) is 0.209. The van der Waals surface area contributed by atoms with E-state index < -0.39 is 6.85 Å². The Labute approximate surface area is 92.4 Å². The molecule has 2 nitrogen and oxygen atoms in total. The standard InChI is InChI=1S/C10H9BrN2/c1-8-6-12-13(7-8)10-4-2-3-9(11)5-10/h2-7H,1H3/i1D3,6D,7D. The summed E-state index contributed by atoms with van der Waals surface area (Å²) < 4.78 is 39.2. The van der Waals surface area contributed by atoms with Gasteiger partial charge in [0.1, 0.15) is 0 Å². The zero-order valence-corrected chi connectivity index (χ0v) is 8.17. The SMILES string of the molecule is [2H]c1nn(-c2cccc(Br)c2)c([2H])c1C([2H])([2H])[2H]. The fourth-order valence-electron chi connectivity index (χ4n) is 0.986. The molecule has 66 valence electrons. The first-order valence-electron chi connectivity index (χ1n) is 6.13. The Balaban J connectivity index is 2.61. The summed E-state index contributed by atoms with van der Waals surface area (Å²) in [5.74, 6) is 0. The van der Waals surface area contributed by atoms with E-state index in [4.69, 9.17) is 6.85 Å². The van der Waals surface area contributed by atoms with Gasteiger partial charge < -0.3 is 0 Å². The largest absolute Gasteiger partial charge is 0.241 e. The minimum Gasteiger partial charge on any atom is -0.241 e. The molecule has 3 heteroatoms. The summed E-state index contributed by atoms with van der Waals surface area (Å²) in [6, 6.07) is 6.95. The van der Waals surface area contributed by atoms with Gasteiger partial charge in [0.15, 0.2) is 0 Å². The molecule has 13 heavy (non-hydrogen) atoms. The normalized spacial score (nSPS) is 16.8. The number of benzene rings is 1. The van der Waals surface area contributed by atoms with Crippen molar-refractivity contribution in [2.45, 2.75) is 6.85 Å². The molecule has 0 atom stereocenters. The summed E-state index contributed by atoms with van der Waals surface area (Å²) in [7, 11) is 0. The van der Waals surface area contributed by atoms with Gasteiger partial charge in [-0.25, -0.2) is 4.68 Å². The maximum Gasteiger partial charge on any atom is 0.0863 e. The molecular weight excluding hydrogens is 228 g/mol. The Hall–Kier alpha value is -1.09. The van der Waals surface area contributed by atoms with Crippen LogP contribution >= 0.6 is 15.9 Å². The maximum absolute atomic E-state index is 7.84. The van der Waals surface area contributed by atoms with E-state index in [1.54, 1.807) is 18.2 Å². The smallest absolute Gasteiger partial charge is 0.0863 e. The van der Waals surface area contributed by atoms with Crippen molar-refractivity contribution in [1.82, 2.24) is 9.78 Å². The minimum atomic E-state index is -2.50. The molecule has 1 aromatic heterocycles. The van der Waals surface area contributed by atoms with E-state index in [1.807, 2.05) is 6.07 Å². The molecule has 1 aromatic carbocycles. The van der Waals surface area contributed by atoms with E-state index in [1.165, 1.54) is 0 Å². The third-order valence-electron chi connectivity index (χ3n) is 1.53. The highest BCUT2D eigenvalue weighted by Crippen LogP contribution is 2.14. The van der Waals surface area contributed by atoms with Crippen molar-refractivity contribution in [1.29, 1.82) is 0 Å². The minimum absolute atomic E-state index is 0.280. The molecule has 0 amide bonds. The first kappa shape index (κ1) is 4.42. The van der Waals surface area contributed by atoms with Crippen molar-refractivity contribution >= 4 is 15.9 Å². The lowest BCUT2D eigenvalue weighted by atomic mass is 10.3. The second-order valence-corrected chi connectivity index (χ2v) is 3.41. The lowest BCUT2D eigenvalue weighted by molar-refractivity contribution is 0.879. The van der Waals surface area contributed by atoms with Gasteiger partial charge in [0.2, 0.25) is 0 Å². The van der Waals surface area contributed by atoms with Gasteiger partial charge in [0.25, 0.3) is 0 Å². The van der Waals surface area contributed by atoms with E-state index in [2.05, 4.69) is 21.0 Å². The van der Waals surface area contributed by atoms with Crippen LogP contribution in [0.25, 0.3) is 5.69 Å². The van der Waals surface area contributed by atoms with Gasteiger partial charge in [-0.2, -0.15) is 5.10 Å². The molecule has 0 unspecified atom stereocenters. The molecule has 0 aliphatic rings. The Morgan fingerprint density at radius 1 is 1.62 bits per heavy atom. The molecule has 0 radical (unpaired) electrons. The number of hydrogen-bond acceptors (Lipinski definition) is 1. The third-order valence-corrected chi connectivity index (χ3v) is 2.03. The van der Waals surface area contributed by atoms with Crippen LogP contribution in [0.5, 0.6) is 0 Å². The zero-order valence-electron chi connectivity index (χ0n) is 11.6. The molecule has 0 N–H and O–H groups in total. The molecule has 0 fully saturated rings. The molecule has 2 aromatic rings. The second kappa shape index (κ2) is 3.34. The first-order valence-corrected chi connectivity index (χ1v) is 4.42. The summed E-state index contributed by atoms with van der Waals surface area (Å²) in [4.78, 5) is 0. The van der Waals surface area contributed by atoms with Gasteiger partial charge in [-0.15, -0.1) is 0 Å². The molecule has 1 heterocycles. The molecular formula is C10H9BrN2. The Morgan fingerprint density at radius 2 is 2.54 bits per heavy atom. The van der Waals surface area contributed by atoms with E-state index in [0.29, 0.717) is 5.69 Å². The highest BCUT2D eigenvalue weighted by Gasteiger charge is 1.97. The fourth-order valence-corrected chi connectivity index (χ4v) is 1.37. The predicted molar refractivity (Wildman–Crippen MR) is 56.0 cm³/mol. The number of nitrogens with zero attached hydrogens (tertiary/aromatic N) is 2. The van der Waals surface area contributed by atoms with Crippen LogP contribution in [0.2, 0.25) is 0 Å². The van der Waals surface area contributed by atoms with Crippen molar-refractivity contribution < 1.29 is 6.85 Å². The quantitative estimate of drug-likeness (QED) is 0.751. The van der Waals surface area contributed by atoms with Gasteiger partial charge >= 0.3 is 0 Å². The second-order valence-electron chi connectivity index (χ2n) is 2.49. The predicted octanol–water partition coefficient (Wildman–Crippen LogP) is 2.94. The maximum atomic E-state index is 7.84. The Bertz CT molecular complexity index is 590. The summed E-state index contributed by atoms with van der Waals surface area (Å²) >= 11 is 3.29. The monoisotopic (exact) mass is 241 g/mol. The van der Waals surface area contributed by atoms with E-state index >= 15 is 0 Å². The third kappa shape index (κ3) is 1.80. The summed E-state index contributed by atoms with van der Waals surface area (Å²) in [5, 5.41) is 3.80. The van der Waals surface area contributed by atoms with Crippen LogP contribution in [0.4, 0.5) is 0 Å². The molecule has 0 aliphatic carbocycles. The Morgan fingerprint density at radius 3 is 3.23 bits per heavy atom. The zero-order chi connectivity index (χ0) is 13.5. The van der Waals surface area contributed by atoms with Crippen molar-refractivity contribution in [3.05, 3.63) is 46.6 Å². The molecule has 0 bridgehead atoms. The van der Waals surface area contributed by atoms with Crippen LogP contribution in [-0.4, -0.2) is 9.78 Å². The van der Waals surface area contributed by atoms with Crippen LogP contribution in [0.3, 0.4) is 0 Å². The van der Waals surface area contributed by atoms with Gasteiger partial charge in [0, 0.05) is 14.8 Å². The first-order chi connectivity index (χ1) is 8.30. The van der Waals surface area contributed by atoms with Crippen LogP contribution in [-0.2, 0) is 0 Å². The molecule has 0 aliphatic heterocycles. The average molecular weight is 242 g/mol. The molecule has 2 rings (SSSR count). The molecule has 0 saturated carbocycles. The lowest BCUT2D eigenvalue weighted by Crippen LogP contribution is -1.92. The van der Waals surface area contributed by atoms with Gasteiger partial charge in [-0.05, 0) is 30.6 Å². The van der Waals surface area contributed by atoms with Crippen molar-refractivity contribution in [2.24, 2.45) is 0 Å². The van der Waals surface area contributed by atoms with E-state index in [0.717, 1.165) is 9.15 Å². The fraction of sp³-hybridized carbons (Fsp3) is 0.100. The van der Waals surface area contributed by atoms with Crippen LogP contribution in [0.1, 0.15) is 12.4 Å². The highest BCUT2D eigenvalue weighted by molar-refractivity contribution is 9.10. The van der Waals surface area contributed by atoms with Gasteiger partial charge in [-0.3, -0.25) is 0 Å².